The fraction of sp³-hybridized carbons (Fsp3) is 0.417. The highest BCUT2D eigenvalue weighted by molar-refractivity contribution is 9.10. The zero-order valence-electron chi connectivity index (χ0n) is 9.53. The van der Waals surface area contributed by atoms with E-state index in [0.717, 1.165) is 17.5 Å². The van der Waals surface area contributed by atoms with Crippen LogP contribution in [-0.4, -0.2) is 32.3 Å². The largest absolute Gasteiger partial charge is 0.496 e. The van der Waals surface area contributed by atoms with Gasteiger partial charge in [0.15, 0.2) is 0 Å². The zero-order valence-corrected chi connectivity index (χ0v) is 11.1. The van der Waals surface area contributed by atoms with Crippen LogP contribution < -0.4 is 10.1 Å². The molecule has 2 rings (SSSR count). The van der Waals surface area contributed by atoms with Gasteiger partial charge in [-0.25, -0.2) is 0 Å². The summed E-state index contributed by atoms with van der Waals surface area (Å²) in [6.45, 7) is 1.32. The molecule has 1 aromatic rings. The van der Waals surface area contributed by atoms with E-state index in [1.165, 1.54) is 0 Å². The second-order valence-electron chi connectivity index (χ2n) is 3.88. The lowest BCUT2D eigenvalue weighted by Crippen LogP contribution is -2.34. The van der Waals surface area contributed by atoms with Gasteiger partial charge >= 0.3 is 0 Å². The van der Waals surface area contributed by atoms with E-state index in [0.29, 0.717) is 17.9 Å². The molecule has 1 heterocycles. The number of carbonyl (C=O) groups excluding carboxylic acids is 1. The highest BCUT2D eigenvalue weighted by atomic mass is 79.9. The molecule has 1 atom stereocenters. The summed E-state index contributed by atoms with van der Waals surface area (Å²) in [5.74, 6) is 0.634. The first-order valence-corrected chi connectivity index (χ1v) is 6.22. The van der Waals surface area contributed by atoms with Crippen LogP contribution in [0.4, 0.5) is 0 Å². The number of hydrogen-bond donors (Lipinski definition) is 1. The standard InChI is InChI=1S/C12H14BrNO3/c1-16-11-3-2-8(6-10(11)13)12(15)14-9-4-5-17-7-9/h2-3,6,9H,4-5,7H2,1H3,(H,14,15). The predicted octanol–water partition coefficient (Wildman–Crippen LogP) is 1.98. The maximum absolute atomic E-state index is 11.9. The van der Waals surface area contributed by atoms with Crippen LogP contribution in [-0.2, 0) is 4.74 Å². The molecule has 0 bridgehead atoms. The Morgan fingerprint density at radius 1 is 1.59 bits per heavy atom. The van der Waals surface area contributed by atoms with Gasteiger partial charge in [-0.2, -0.15) is 0 Å². The summed E-state index contributed by atoms with van der Waals surface area (Å²) >= 11 is 3.36. The summed E-state index contributed by atoms with van der Waals surface area (Å²) in [7, 11) is 1.59. The fourth-order valence-electron chi connectivity index (χ4n) is 1.72. The van der Waals surface area contributed by atoms with Crippen LogP contribution in [0.2, 0.25) is 0 Å². The SMILES string of the molecule is COc1ccc(C(=O)NC2CCOC2)cc1Br. The number of carbonyl (C=O) groups is 1. The van der Waals surface area contributed by atoms with E-state index in [1.807, 2.05) is 0 Å². The van der Waals surface area contributed by atoms with Crippen molar-refractivity contribution in [2.45, 2.75) is 12.5 Å². The van der Waals surface area contributed by atoms with Crippen LogP contribution >= 0.6 is 15.9 Å². The summed E-state index contributed by atoms with van der Waals surface area (Å²) in [4.78, 5) is 11.9. The molecule has 1 amide bonds. The Morgan fingerprint density at radius 2 is 2.41 bits per heavy atom. The van der Waals surface area contributed by atoms with Crippen LogP contribution in [0.25, 0.3) is 0 Å². The molecular formula is C12H14BrNO3. The maximum atomic E-state index is 11.9. The second-order valence-corrected chi connectivity index (χ2v) is 4.74. The molecule has 0 aromatic heterocycles. The average molecular weight is 300 g/mol. The van der Waals surface area contributed by atoms with Gasteiger partial charge in [-0.15, -0.1) is 0 Å². The van der Waals surface area contributed by atoms with Crippen LogP contribution in [0.15, 0.2) is 22.7 Å². The quantitative estimate of drug-likeness (QED) is 0.928. The molecule has 0 radical (unpaired) electrons. The van der Waals surface area contributed by atoms with Crippen molar-refractivity contribution in [3.05, 3.63) is 28.2 Å². The Bertz CT molecular complexity index is 416. The lowest BCUT2D eigenvalue weighted by molar-refractivity contribution is 0.0930. The molecule has 0 aliphatic carbocycles. The van der Waals surface area contributed by atoms with Gasteiger partial charge < -0.3 is 14.8 Å². The number of nitrogens with one attached hydrogen (secondary N) is 1. The molecule has 1 aromatic carbocycles. The first kappa shape index (κ1) is 12.4. The summed E-state index contributed by atoms with van der Waals surface area (Å²) in [6.07, 6.45) is 0.878. The van der Waals surface area contributed by atoms with E-state index in [4.69, 9.17) is 9.47 Å². The Morgan fingerprint density at radius 3 is 3.00 bits per heavy atom. The van der Waals surface area contributed by atoms with Gasteiger partial charge in [0, 0.05) is 12.2 Å². The van der Waals surface area contributed by atoms with Gasteiger partial charge in [0.05, 0.1) is 24.2 Å². The van der Waals surface area contributed by atoms with Crippen molar-refractivity contribution >= 4 is 21.8 Å². The Balaban J connectivity index is 2.05. The molecule has 92 valence electrons. The fourth-order valence-corrected chi connectivity index (χ4v) is 2.27. The van der Waals surface area contributed by atoms with Crippen LogP contribution in [0.3, 0.4) is 0 Å². The molecule has 1 unspecified atom stereocenters. The van der Waals surface area contributed by atoms with Crippen molar-refractivity contribution in [1.29, 1.82) is 0 Å². The first-order chi connectivity index (χ1) is 8.20. The van der Waals surface area contributed by atoms with Crippen LogP contribution in [0, 0.1) is 0 Å². The Hall–Kier alpha value is -1.07. The highest BCUT2D eigenvalue weighted by Crippen LogP contribution is 2.25. The number of rotatable bonds is 3. The van der Waals surface area contributed by atoms with Gasteiger partial charge in [-0.1, -0.05) is 0 Å². The molecule has 1 N–H and O–H groups in total. The van der Waals surface area contributed by atoms with E-state index in [2.05, 4.69) is 21.2 Å². The van der Waals surface area contributed by atoms with Crippen molar-refractivity contribution < 1.29 is 14.3 Å². The molecule has 4 nitrogen and oxygen atoms in total. The third kappa shape index (κ3) is 2.98. The van der Waals surface area contributed by atoms with Crippen LogP contribution in [0.5, 0.6) is 5.75 Å². The van der Waals surface area contributed by atoms with Crippen molar-refractivity contribution in [1.82, 2.24) is 5.32 Å². The topological polar surface area (TPSA) is 47.6 Å². The summed E-state index contributed by atoms with van der Waals surface area (Å²) in [6, 6.07) is 5.39. The van der Waals surface area contributed by atoms with Gasteiger partial charge in [-0.3, -0.25) is 4.79 Å². The molecule has 1 saturated heterocycles. The van der Waals surface area contributed by atoms with E-state index in [-0.39, 0.29) is 11.9 Å². The molecule has 0 saturated carbocycles. The monoisotopic (exact) mass is 299 g/mol. The van der Waals surface area contributed by atoms with Gasteiger partial charge in [0.25, 0.3) is 5.91 Å². The van der Waals surface area contributed by atoms with Gasteiger partial charge in [0.1, 0.15) is 5.75 Å². The molecular weight excluding hydrogens is 286 g/mol. The van der Waals surface area contributed by atoms with Gasteiger partial charge in [-0.05, 0) is 40.5 Å². The Labute approximate surface area is 108 Å². The minimum Gasteiger partial charge on any atom is -0.496 e. The molecule has 5 heteroatoms. The normalized spacial score (nSPS) is 19.1. The van der Waals surface area contributed by atoms with E-state index in [9.17, 15) is 4.79 Å². The van der Waals surface area contributed by atoms with E-state index >= 15 is 0 Å². The van der Waals surface area contributed by atoms with Crippen LogP contribution in [0.1, 0.15) is 16.8 Å². The number of ether oxygens (including phenoxy) is 2. The predicted molar refractivity (Wildman–Crippen MR) is 67.4 cm³/mol. The first-order valence-electron chi connectivity index (χ1n) is 5.43. The van der Waals surface area contributed by atoms with Crippen molar-refractivity contribution in [3.63, 3.8) is 0 Å². The Kier molecular flexibility index (Phi) is 4.02. The minimum atomic E-state index is -0.0798. The van der Waals surface area contributed by atoms with Crippen molar-refractivity contribution in [3.8, 4) is 5.75 Å². The summed E-state index contributed by atoms with van der Waals surface area (Å²) in [5.41, 5.74) is 0.615. The molecule has 17 heavy (non-hydrogen) atoms. The number of amides is 1. The second kappa shape index (κ2) is 5.51. The number of methoxy groups -OCH3 is 1. The minimum absolute atomic E-state index is 0.0798. The molecule has 1 aliphatic rings. The van der Waals surface area contributed by atoms with E-state index < -0.39 is 0 Å². The highest BCUT2D eigenvalue weighted by Gasteiger charge is 2.18. The third-order valence-corrected chi connectivity index (χ3v) is 3.30. The zero-order chi connectivity index (χ0) is 12.3. The number of hydrogen-bond acceptors (Lipinski definition) is 3. The number of halogens is 1. The lowest BCUT2D eigenvalue weighted by Gasteiger charge is -2.11. The lowest BCUT2D eigenvalue weighted by atomic mass is 10.2. The number of benzene rings is 1. The molecule has 1 aliphatic heterocycles. The van der Waals surface area contributed by atoms with E-state index in [1.54, 1.807) is 25.3 Å². The maximum Gasteiger partial charge on any atom is 0.251 e. The van der Waals surface area contributed by atoms with Crippen molar-refractivity contribution in [2.75, 3.05) is 20.3 Å². The van der Waals surface area contributed by atoms with Gasteiger partial charge in [0.2, 0.25) is 0 Å². The summed E-state index contributed by atoms with van der Waals surface area (Å²) < 4.78 is 11.1. The molecule has 1 fully saturated rings. The smallest absolute Gasteiger partial charge is 0.251 e. The average Bonchev–Trinajstić information content (AvgIpc) is 2.81. The summed E-state index contributed by atoms with van der Waals surface area (Å²) in [5, 5.41) is 2.93. The third-order valence-electron chi connectivity index (χ3n) is 2.68. The van der Waals surface area contributed by atoms with Crippen molar-refractivity contribution in [2.24, 2.45) is 0 Å². The molecule has 0 spiro atoms.